The van der Waals surface area contributed by atoms with Crippen LogP contribution in [0, 0.1) is 0 Å². The van der Waals surface area contributed by atoms with E-state index in [0.717, 1.165) is 43.2 Å². The molecule has 0 spiro atoms. The molecule has 138 valence electrons. The van der Waals surface area contributed by atoms with Gasteiger partial charge >= 0.3 is 0 Å². The highest BCUT2D eigenvalue weighted by Gasteiger charge is 2.23. The van der Waals surface area contributed by atoms with E-state index in [1.54, 1.807) is 7.11 Å². The summed E-state index contributed by atoms with van der Waals surface area (Å²) in [5.41, 5.74) is 0. The van der Waals surface area contributed by atoms with Gasteiger partial charge < -0.3 is 19.1 Å². The van der Waals surface area contributed by atoms with E-state index >= 15 is 0 Å². The fourth-order valence-corrected chi connectivity index (χ4v) is 3.00. The molecule has 0 aromatic heterocycles. The van der Waals surface area contributed by atoms with E-state index in [2.05, 4.69) is 0 Å². The molecule has 5 nitrogen and oxygen atoms in total. The van der Waals surface area contributed by atoms with Crippen molar-refractivity contribution in [1.82, 2.24) is 4.90 Å². The van der Waals surface area contributed by atoms with Crippen molar-refractivity contribution in [2.75, 3.05) is 26.8 Å². The number of ether oxygens (including phenoxy) is 3. The molecule has 5 heteroatoms. The Morgan fingerprint density at radius 1 is 0.962 bits per heavy atom. The van der Waals surface area contributed by atoms with Gasteiger partial charge in [0.05, 0.1) is 20.1 Å². The first-order valence-electron chi connectivity index (χ1n) is 9.01. The van der Waals surface area contributed by atoms with Gasteiger partial charge in [0.25, 0.3) is 0 Å². The molecule has 0 saturated carbocycles. The Balaban J connectivity index is 1.37. The molecule has 0 unspecified atom stereocenters. The lowest BCUT2D eigenvalue weighted by Gasteiger charge is -2.32. The topological polar surface area (TPSA) is 48.0 Å². The molecular formula is C21H25NO4. The molecule has 1 saturated heterocycles. The largest absolute Gasteiger partial charge is 0.497 e. The first-order valence-corrected chi connectivity index (χ1v) is 9.01. The lowest BCUT2D eigenvalue weighted by Crippen LogP contribution is -2.42. The van der Waals surface area contributed by atoms with E-state index in [4.69, 9.17) is 14.2 Å². The van der Waals surface area contributed by atoms with Crippen molar-refractivity contribution in [3.8, 4) is 17.2 Å². The number of carbonyl (C=O) groups is 1. The molecule has 0 aliphatic carbocycles. The maximum Gasteiger partial charge on any atom is 0.226 e. The number of nitrogens with zero attached hydrogens (tertiary/aromatic N) is 1. The molecule has 3 rings (SSSR count). The van der Waals surface area contributed by atoms with Crippen molar-refractivity contribution in [1.29, 1.82) is 0 Å². The van der Waals surface area contributed by atoms with E-state index in [-0.39, 0.29) is 12.0 Å². The van der Waals surface area contributed by atoms with Crippen LogP contribution in [0.25, 0.3) is 0 Å². The predicted molar refractivity (Wildman–Crippen MR) is 99.8 cm³/mol. The number of methoxy groups -OCH3 is 1. The van der Waals surface area contributed by atoms with E-state index in [0.29, 0.717) is 13.0 Å². The molecule has 2 aromatic carbocycles. The van der Waals surface area contributed by atoms with Crippen LogP contribution in [-0.2, 0) is 4.79 Å². The molecule has 1 aliphatic rings. The van der Waals surface area contributed by atoms with Crippen LogP contribution in [0.1, 0.15) is 19.3 Å². The zero-order valence-corrected chi connectivity index (χ0v) is 15.1. The summed E-state index contributed by atoms with van der Waals surface area (Å²) < 4.78 is 16.8. The van der Waals surface area contributed by atoms with Crippen LogP contribution in [-0.4, -0.2) is 43.7 Å². The lowest BCUT2D eigenvalue weighted by atomic mass is 10.1. The third kappa shape index (κ3) is 5.15. The molecule has 1 aliphatic heterocycles. The lowest BCUT2D eigenvalue weighted by molar-refractivity contribution is -0.133. The minimum Gasteiger partial charge on any atom is -0.497 e. The van der Waals surface area contributed by atoms with Gasteiger partial charge in [0.1, 0.15) is 23.4 Å². The van der Waals surface area contributed by atoms with Gasteiger partial charge in [0.15, 0.2) is 0 Å². The van der Waals surface area contributed by atoms with Crippen LogP contribution < -0.4 is 14.2 Å². The van der Waals surface area contributed by atoms with E-state index in [1.165, 1.54) is 0 Å². The Hall–Kier alpha value is -2.69. The molecule has 1 fully saturated rings. The molecule has 0 N–H and O–H groups in total. The van der Waals surface area contributed by atoms with Gasteiger partial charge in [-0.15, -0.1) is 0 Å². The monoisotopic (exact) mass is 355 g/mol. The highest BCUT2D eigenvalue weighted by molar-refractivity contribution is 5.76. The zero-order chi connectivity index (χ0) is 18.2. The third-order valence-corrected chi connectivity index (χ3v) is 4.48. The van der Waals surface area contributed by atoms with Crippen molar-refractivity contribution in [2.45, 2.75) is 25.4 Å². The molecule has 1 heterocycles. The van der Waals surface area contributed by atoms with Crippen molar-refractivity contribution >= 4 is 5.91 Å². The zero-order valence-electron chi connectivity index (χ0n) is 15.1. The first-order chi connectivity index (χ1) is 12.7. The predicted octanol–water partition coefficient (Wildman–Crippen LogP) is 3.53. The summed E-state index contributed by atoms with van der Waals surface area (Å²) in [7, 11) is 1.65. The summed E-state index contributed by atoms with van der Waals surface area (Å²) >= 11 is 0. The van der Waals surface area contributed by atoms with E-state index in [9.17, 15) is 4.79 Å². The van der Waals surface area contributed by atoms with Crippen molar-refractivity contribution in [2.24, 2.45) is 0 Å². The Morgan fingerprint density at radius 2 is 1.62 bits per heavy atom. The smallest absolute Gasteiger partial charge is 0.226 e. The number of para-hydroxylation sites is 1. The van der Waals surface area contributed by atoms with Crippen LogP contribution in [0.5, 0.6) is 17.2 Å². The molecule has 1 amide bonds. The average molecular weight is 355 g/mol. The first kappa shape index (κ1) is 18.1. The minimum atomic E-state index is 0.142. The molecule has 0 radical (unpaired) electrons. The summed E-state index contributed by atoms with van der Waals surface area (Å²) in [5.74, 6) is 2.60. The number of piperidine rings is 1. The molecule has 0 bridgehead atoms. The van der Waals surface area contributed by atoms with Gasteiger partial charge in [0, 0.05) is 25.9 Å². The number of hydrogen-bond acceptors (Lipinski definition) is 4. The number of benzene rings is 2. The maximum atomic E-state index is 12.3. The second-order valence-electron chi connectivity index (χ2n) is 6.29. The third-order valence-electron chi connectivity index (χ3n) is 4.48. The SMILES string of the molecule is COc1ccc(OC2CCN(C(=O)CCOc3ccccc3)CC2)cc1. The second-order valence-corrected chi connectivity index (χ2v) is 6.29. The van der Waals surface area contributed by atoms with Gasteiger partial charge in [-0.1, -0.05) is 18.2 Å². The molecule has 0 atom stereocenters. The normalized spacial score (nSPS) is 14.7. The van der Waals surface area contributed by atoms with Crippen molar-refractivity contribution in [3.05, 3.63) is 54.6 Å². The van der Waals surface area contributed by atoms with Crippen molar-refractivity contribution in [3.63, 3.8) is 0 Å². The van der Waals surface area contributed by atoms with Gasteiger partial charge in [-0.25, -0.2) is 0 Å². The number of amides is 1. The maximum absolute atomic E-state index is 12.3. The standard InChI is InChI=1S/C21H25NO4/c1-24-17-7-9-19(10-8-17)26-20-11-14-22(15-12-20)21(23)13-16-25-18-5-3-2-4-6-18/h2-10,20H,11-16H2,1H3. The Bertz CT molecular complexity index is 679. The summed E-state index contributed by atoms with van der Waals surface area (Å²) in [6.07, 6.45) is 2.24. The number of rotatable bonds is 7. The van der Waals surface area contributed by atoms with E-state index < -0.39 is 0 Å². The highest BCUT2D eigenvalue weighted by Crippen LogP contribution is 2.22. The van der Waals surface area contributed by atoms with Gasteiger partial charge in [0.2, 0.25) is 5.91 Å². The Morgan fingerprint density at radius 3 is 2.27 bits per heavy atom. The summed E-state index contributed by atoms with van der Waals surface area (Å²) in [6.45, 7) is 1.86. The molecule has 26 heavy (non-hydrogen) atoms. The Labute approximate surface area is 154 Å². The van der Waals surface area contributed by atoms with Crippen LogP contribution in [0.4, 0.5) is 0 Å². The summed E-state index contributed by atoms with van der Waals surface area (Å²) in [5, 5.41) is 0. The van der Waals surface area contributed by atoms with Crippen LogP contribution in [0.2, 0.25) is 0 Å². The van der Waals surface area contributed by atoms with E-state index in [1.807, 2.05) is 59.5 Å². The van der Waals surface area contributed by atoms with Gasteiger partial charge in [-0.05, 0) is 36.4 Å². The van der Waals surface area contributed by atoms with Crippen LogP contribution in [0.15, 0.2) is 54.6 Å². The fourth-order valence-electron chi connectivity index (χ4n) is 3.00. The Kier molecular flexibility index (Phi) is 6.36. The summed E-state index contributed by atoms with van der Waals surface area (Å²) in [4.78, 5) is 14.2. The van der Waals surface area contributed by atoms with Crippen LogP contribution in [0.3, 0.4) is 0 Å². The van der Waals surface area contributed by atoms with Crippen molar-refractivity contribution < 1.29 is 19.0 Å². The van der Waals surface area contributed by atoms with Gasteiger partial charge in [-0.3, -0.25) is 4.79 Å². The quantitative estimate of drug-likeness (QED) is 0.762. The number of hydrogen-bond donors (Lipinski definition) is 0. The average Bonchev–Trinajstić information content (AvgIpc) is 2.70. The fraction of sp³-hybridized carbons (Fsp3) is 0.381. The molecule has 2 aromatic rings. The van der Waals surface area contributed by atoms with Gasteiger partial charge in [-0.2, -0.15) is 0 Å². The second kappa shape index (κ2) is 9.13. The number of carbonyl (C=O) groups excluding carboxylic acids is 1. The molecular weight excluding hydrogens is 330 g/mol. The van der Waals surface area contributed by atoms with Crippen LogP contribution >= 0.6 is 0 Å². The minimum absolute atomic E-state index is 0.142. The highest BCUT2D eigenvalue weighted by atomic mass is 16.5. The number of likely N-dealkylation sites (tertiary alicyclic amines) is 1. The summed E-state index contributed by atoms with van der Waals surface area (Å²) in [6, 6.07) is 17.2.